The normalized spacial score (nSPS) is 18.5. The Hall–Kier alpha value is -2.80. The molecule has 5 nitrogen and oxygen atoms in total. The van der Waals surface area contributed by atoms with Crippen LogP contribution in [0, 0.1) is 17.6 Å². The highest BCUT2D eigenvalue weighted by molar-refractivity contribution is 5.94. The quantitative estimate of drug-likeness (QED) is 0.729. The number of benzene rings is 2. The van der Waals surface area contributed by atoms with Crippen molar-refractivity contribution in [3.8, 4) is 11.1 Å². The van der Waals surface area contributed by atoms with Crippen LogP contribution in [-0.2, 0) is 4.79 Å². The molecule has 1 aliphatic carbocycles. The lowest BCUT2D eigenvalue weighted by atomic mass is 10.0. The third-order valence-corrected chi connectivity index (χ3v) is 5.21. The second-order valence-corrected chi connectivity index (χ2v) is 7.30. The van der Waals surface area contributed by atoms with Gasteiger partial charge in [0.1, 0.15) is 11.6 Å². The van der Waals surface area contributed by atoms with E-state index in [9.17, 15) is 18.4 Å². The van der Waals surface area contributed by atoms with Crippen LogP contribution in [0.1, 0.15) is 36.5 Å². The van der Waals surface area contributed by atoms with Gasteiger partial charge in [0.15, 0.2) is 0 Å². The molecule has 154 valence electrons. The molecule has 2 aromatic rings. The molecular formula is C22H25F2N3O2. The van der Waals surface area contributed by atoms with Gasteiger partial charge in [0, 0.05) is 42.7 Å². The number of amides is 2. The monoisotopic (exact) mass is 401 g/mol. The van der Waals surface area contributed by atoms with Crippen molar-refractivity contribution in [3.05, 3.63) is 59.7 Å². The molecular weight excluding hydrogens is 376 g/mol. The van der Waals surface area contributed by atoms with Crippen LogP contribution >= 0.6 is 0 Å². The fourth-order valence-corrected chi connectivity index (χ4v) is 3.70. The van der Waals surface area contributed by atoms with E-state index in [4.69, 9.17) is 0 Å². The standard InChI is InChI=1S/C22H25F2N3O2/c1-3-25-21(28)16-8-10-18(12-16)26-27(2)22(29)15-6-4-14(5-7-15)19-11-9-17(23)13-20(19)24/h4-7,9,11,13,16,18,26H,3,8,10,12H2,1-2H3,(H,25,28)/t16-,18+/m0/s1. The average molecular weight is 401 g/mol. The molecule has 3 rings (SSSR count). The smallest absolute Gasteiger partial charge is 0.267 e. The van der Waals surface area contributed by atoms with E-state index in [-0.39, 0.29) is 29.3 Å². The topological polar surface area (TPSA) is 61.4 Å². The Kier molecular flexibility index (Phi) is 6.59. The highest BCUT2D eigenvalue weighted by Crippen LogP contribution is 2.26. The van der Waals surface area contributed by atoms with E-state index in [0.717, 1.165) is 18.9 Å². The molecule has 0 heterocycles. The molecule has 29 heavy (non-hydrogen) atoms. The second-order valence-electron chi connectivity index (χ2n) is 7.30. The summed E-state index contributed by atoms with van der Waals surface area (Å²) in [7, 11) is 1.65. The van der Waals surface area contributed by atoms with Gasteiger partial charge in [-0.1, -0.05) is 12.1 Å². The highest BCUT2D eigenvalue weighted by Gasteiger charge is 2.30. The Labute approximate surface area is 169 Å². The van der Waals surface area contributed by atoms with Crippen molar-refractivity contribution >= 4 is 11.8 Å². The van der Waals surface area contributed by atoms with Gasteiger partial charge >= 0.3 is 0 Å². The molecule has 1 saturated carbocycles. The number of hydrazine groups is 1. The first-order valence-corrected chi connectivity index (χ1v) is 9.76. The van der Waals surface area contributed by atoms with Crippen LogP contribution in [0.2, 0.25) is 0 Å². The molecule has 7 heteroatoms. The van der Waals surface area contributed by atoms with Crippen molar-refractivity contribution in [2.45, 2.75) is 32.2 Å². The fourth-order valence-electron chi connectivity index (χ4n) is 3.70. The number of hydrogen-bond acceptors (Lipinski definition) is 3. The van der Waals surface area contributed by atoms with Crippen molar-refractivity contribution in [1.29, 1.82) is 0 Å². The summed E-state index contributed by atoms with van der Waals surface area (Å²) in [5.41, 5.74) is 4.46. The Balaban J connectivity index is 1.61. The highest BCUT2D eigenvalue weighted by atomic mass is 19.1. The Bertz CT molecular complexity index is 886. The van der Waals surface area contributed by atoms with Gasteiger partial charge in [-0.05, 0) is 56.0 Å². The number of nitrogens with zero attached hydrogens (tertiary/aromatic N) is 1. The van der Waals surface area contributed by atoms with Gasteiger partial charge in [-0.15, -0.1) is 0 Å². The number of nitrogens with one attached hydrogen (secondary N) is 2. The number of hydrogen-bond donors (Lipinski definition) is 2. The number of carbonyl (C=O) groups excluding carboxylic acids is 2. The Morgan fingerprint density at radius 1 is 1.10 bits per heavy atom. The minimum absolute atomic E-state index is 0.0270. The van der Waals surface area contributed by atoms with Crippen LogP contribution in [0.4, 0.5) is 8.78 Å². The maximum absolute atomic E-state index is 13.9. The first kappa shape index (κ1) is 20.9. The van der Waals surface area contributed by atoms with Crippen LogP contribution < -0.4 is 10.7 Å². The van der Waals surface area contributed by atoms with E-state index in [1.807, 2.05) is 6.92 Å². The molecule has 0 spiro atoms. The van der Waals surface area contributed by atoms with Crippen LogP contribution in [0.25, 0.3) is 11.1 Å². The summed E-state index contributed by atoms with van der Waals surface area (Å²) in [6.45, 7) is 2.51. The van der Waals surface area contributed by atoms with E-state index in [1.165, 1.54) is 17.1 Å². The molecule has 1 aliphatic rings. The van der Waals surface area contributed by atoms with Gasteiger partial charge in [-0.3, -0.25) is 14.6 Å². The van der Waals surface area contributed by atoms with Crippen LogP contribution in [0.5, 0.6) is 0 Å². The minimum atomic E-state index is -0.647. The lowest BCUT2D eigenvalue weighted by Gasteiger charge is -2.23. The molecule has 1 fully saturated rings. The minimum Gasteiger partial charge on any atom is -0.356 e. The van der Waals surface area contributed by atoms with E-state index < -0.39 is 11.6 Å². The van der Waals surface area contributed by atoms with Crippen molar-refractivity contribution in [2.24, 2.45) is 5.92 Å². The van der Waals surface area contributed by atoms with Crippen LogP contribution in [0.3, 0.4) is 0 Å². The summed E-state index contributed by atoms with van der Waals surface area (Å²) in [4.78, 5) is 24.6. The van der Waals surface area contributed by atoms with Crippen molar-refractivity contribution < 1.29 is 18.4 Å². The maximum Gasteiger partial charge on any atom is 0.267 e. The van der Waals surface area contributed by atoms with Crippen molar-refractivity contribution in [2.75, 3.05) is 13.6 Å². The molecule has 2 aromatic carbocycles. The molecule has 2 N–H and O–H groups in total. The predicted octanol–water partition coefficient (Wildman–Crippen LogP) is 3.51. The van der Waals surface area contributed by atoms with Crippen LogP contribution in [-0.4, -0.2) is 36.5 Å². The average Bonchev–Trinajstić information content (AvgIpc) is 3.16. The number of rotatable bonds is 6. The predicted molar refractivity (Wildman–Crippen MR) is 107 cm³/mol. The third kappa shape index (κ3) is 4.98. The zero-order chi connectivity index (χ0) is 21.0. The molecule has 0 aliphatic heterocycles. The lowest BCUT2D eigenvalue weighted by Crippen LogP contribution is -2.45. The Morgan fingerprint density at radius 3 is 2.48 bits per heavy atom. The van der Waals surface area contributed by atoms with Crippen molar-refractivity contribution in [1.82, 2.24) is 15.8 Å². The van der Waals surface area contributed by atoms with Gasteiger partial charge in [0.2, 0.25) is 5.91 Å². The van der Waals surface area contributed by atoms with E-state index >= 15 is 0 Å². The Morgan fingerprint density at radius 2 is 1.83 bits per heavy atom. The summed E-state index contributed by atoms with van der Waals surface area (Å²) < 4.78 is 27.0. The zero-order valence-corrected chi connectivity index (χ0v) is 16.5. The summed E-state index contributed by atoms with van der Waals surface area (Å²) in [5.74, 6) is -1.47. The number of halogens is 2. The summed E-state index contributed by atoms with van der Waals surface area (Å²) in [6.07, 6.45) is 2.30. The maximum atomic E-state index is 13.9. The molecule has 2 atom stereocenters. The second kappa shape index (κ2) is 9.13. The summed E-state index contributed by atoms with van der Waals surface area (Å²) >= 11 is 0. The largest absolute Gasteiger partial charge is 0.356 e. The van der Waals surface area contributed by atoms with Gasteiger partial charge in [0.25, 0.3) is 5.91 Å². The third-order valence-electron chi connectivity index (χ3n) is 5.21. The van der Waals surface area contributed by atoms with Gasteiger partial charge in [0.05, 0.1) is 0 Å². The molecule has 0 aromatic heterocycles. The van der Waals surface area contributed by atoms with Crippen LogP contribution in [0.15, 0.2) is 42.5 Å². The van der Waals surface area contributed by atoms with E-state index in [2.05, 4.69) is 10.7 Å². The lowest BCUT2D eigenvalue weighted by molar-refractivity contribution is -0.124. The van der Waals surface area contributed by atoms with Gasteiger partial charge < -0.3 is 5.32 Å². The first-order chi connectivity index (χ1) is 13.9. The van der Waals surface area contributed by atoms with Gasteiger partial charge in [-0.25, -0.2) is 14.2 Å². The number of carbonyl (C=O) groups is 2. The first-order valence-electron chi connectivity index (χ1n) is 9.76. The molecule has 0 saturated heterocycles. The molecule has 0 unspecified atom stereocenters. The SMILES string of the molecule is CCNC(=O)[C@H]1CC[C@@H](NN(C)C(=O)c2ccc(-c3ccc(F)cc3F)cc2)C1. The fraction of sp³-hybridized carbons (Fsp3) is 0.364. The van der Waals surface area contributed by atoms with E-state index in [1.54, 1.807) is 31.3 Å². The molecule has 2 amide bonds. The summed E-state index contributed by atoms with van der Waals surface area (Å²) in [6, 6.07) is 9.97. The zero-order valence-electron chi connectivity index (χ0n) is 16.5. The van der Waals surface area contributed by atoms with Gasteiger partial charge in [-0.2, -0.15) is 0 Å². The van der Waals surface area contributed by atoms with E-state index in [0.29, 0.717) is 24.1 Å². The molecule has 0 bridgehead atoms. The molecule has 0 radical (unpaired) electrons. The summed E-state index contributed by atoms with van der Waals surface area (Å²) in [5, 5.41) is 4.27. The van der Waals surface area contributed by atoms with Crippen molar-refractivity contribution in [3.63, 3.8) is 0 Å².